The molecule has 0 saturated carbocycles. The molecule has 1 aromatic carbocycles. The maximum Gasteiger partial charge on any atom is 0.271 e. The first-order valence-corrected chi connectivity index (χ1v) is 9.19. The van der Waals surface area contributed by atoms with Crippen molar-refractivity contribution in [1.82, 2.24) is 4.98 Å². The molecule has 1 amide bonds. The number of pyridine rings is 1. The Kier molecular flexibility index (Phi) is 5.12. The van der Waals surface area contributed by atoms with Crippen LogP contribution in [0, 0.1) is 0 Å². The third-order valence-electron chi connectivity index (χ3n) is 2.64. The van der Waals surface area contributed by atoms with Gasteiger partial charge in [0.2, 0.25) is 10.0 Å². The number of nitrogens with one attached hydrogen (secondary N) is 3. The number of aromatic amines is 1. The zero-order valence-electron chi connectivity index (χ0n) is 11.7. The van der Waals surface area contributed by atoms with Crippen LogP contribution < -0.4 is 15.6 Å². The van der Waals surface area contributed by atoms with E-state index in [1.807, 2.05) is 0 Å². The van der Waals surface area contributed by atoms with Crippen LogP contribution in [0.15, 0.2) is 39.7 Å². The van der Waals surface area contributed by atoms with Crippen molar-refractivity contribution in [2.45, 2.75) is 0 Å². The molecule has 2 aromatic rings. The van der Waals surface area contributed by atoms with Crippen molar-refractivity contribution in [3.05, 3.63) is 55.9 Å². The second kappa shape index (κ2) is 6.73. The van der Waals surface area contributed by atoms with E-state index < -0.39 is 21.5 Å². The normalized spacial score (nSPS) is 11.1. The molecule has 0 aliphatic heterocycles. The fourth-order valence-corrected chi connectivity index (χ4v) is 2.82. The Bertz CT molecular complexity index is 927. The Morgan fingerprint density at radius 3 is 2.61 bits per heavy atom. The summed E-state index contributed by atoms with van der Waals surface area (Å²) >= 11 is 9.07. The number of hydrogen-bond donors (Lipinski definition) is 3. The fourth-order valence-electron chi connectivity index (χ4n) is 1.69. The van der Waals surface area contributed by atoms with E-state index in [2.05, 4.69) is 31.0 Å². The number of carbonyl (C=O) groups is 1. The molecule has 0 spiro atoms. The number of anilines is 2. The number of H-pyrrole nitrogens is 1. The summed E-state index contributed by atoms with van der Waals surface area (Å²) in [5.74, 6) is -0.582. The molecule has 10 heteroatoms. The van der Waals surface area contributed by atoms with Crippen LogP contribution in [0.4, 0.5) is 11.4 Å². The van der Waals surface area contributed by atoms with Gasteiger partial charge in [-0.2, -0.15) is 0 Å². The van der Waals surface area contributed by atoms with Gasteiger partial charge in [0.15, 0.2) is 0 Å². The number of hydrogen-bond acceptors (Lipinski definition) is 4. The van der Waals surface area contributed by atoms with Gasteiger partial charge in [-0.3, -0.25) is 14.3 Å². The van der Waals surface area contributed by atoms with Gasteiger partial charge in [0, 0.05) is 16.2 Å². The maximum absolute atomic E-state index is 12.2. The van der Waals surface area contributed by atoms with E-state index in [0.717, 1.165) is 6.26 Å². The van der Waals surface area contributed by atoms with Crippen LogP contribution >= 0.6 is 27.5 Å². The number of halogens is 2. The number of carbonyl (C=O) groups excluding carboxylic acids is 1. The van der Waals surface area contributed by atoms with E-state index in [1.54, 1.807) is 0 Å². The molecule has 23 heavy (non-hydrogen) atoms. The van der Waals surface area contributed by atoms with Crippen LogP contribution in [0.3, 0.4) is 0 Å². The van der Waals surface area contributed by atoms with Gasteiger partial charge < -0.3 is 10.3 Å². The lowest BCUT2D eigenvalue weighted by molar-refractivity contribution is 0.102. The van der Waals surface area contributed by atoms with E-state index in [9.17, 15) is 18.0 Å². The highest BCUT2D eigenvalue weighted by atomic mass is 79.9. The molecule has 1 aromatic heterocycles. The van der Waals surface area contributed by atoms with Gasteiger partial charge in [0.1, 0.15) is 5.69 Å². The number of sulfonamides is 1. The van der Waals surface area contributed by atoms with E-state index in [-0.39, 0.29) is 22.0 Å². The lowest BCUT2D eigenvalue weighted by Crippen LogP contribution is -2.20. The zero-order valence-corrected chi connectivity index (χ0v) is 14.8. The third kappa shape index (κ3) is 4.81. The number of rotatable bonds is 4. The van der Waals surface area contributed by atoms with Crippen molar-refractivity contribution in [1.29, 1.82) is 0 Å². The summed E-state index contributed by atoms with van der Waals surface area (Å²) < 4.78 is 25.4. The quantitative estimate of drug-likeness (QED) is 0.706. The van der Waals surface area contributed by atoms with Gasteiger partial charge in [0.05, 0.1) is 17.0 Å². The highest BCUT2D eigenvalue weighted by Gasteiger charge is 2.13. The van der Waals surface area contributed by atoms with Gasteiger partial charge >= 0.3 is 0 Å². The van der Waals surface area contributed by atoms with Crippen molar-refractivity contribution < 1.29 is 13.2 Å². The van der Waals surface area contributed by atoms with Crippen molar-refractivity contribution in [2.75, 3.05) is 16.3 Å². The van der Waals surface area contributed by atoms with Crippen molar-refractivity contribution >= 4 is 54.8 Å². The molecule has 0 bridgehead atoms. The summed E-state index contributed by atoms with van der Waals surface area (Å²) in [5, 5.41) is 2.59. The molecule has 0 aliphatic carbocycles. The summed E-state index contributed by atoms with van der Waals surface area (Å²) in [6.45, 7) is 0. The van der Waals surface area contributed by atoms with Gasteiger partial charge in [-0.15, -0.1) is 0 Å². The highest BCUT2D eigenvalue weighted by molar-refractivity contribution is 9.10. The van der Waals surface area contributed by atoms with Crippen LogP contribution in [0.5, 0.6) is 0 Å². The lowest BCUT2D eigenvalue weighted by Gasteiger charge is -2.09. The second-order valence-electron chi connectivity index (χ2n) is 4.58. The molecule has 2 rings (SSSR count). The Hall–Kier alpha value is -1.84. The molecule has 0 fully saturated rings. The fraction of sp³-hybridized carbons (Fsp3) is 0.0769. The van der Waals surface area contributed by atoms with Crippen molar-refractivity contribution in [3.63, 3.8) is 0 Å². The SMILES string of the molecule is CS(=O)(=O)Nc1cc(C(=O)Nc2cc(Br)c[nH]c2=O)ccc1Cl. The van der Waals surface area contributed by atoms with Crippen LogP contribution in [-0.2, 0) is 10.0 Å². The smallest absolute Gasteiger partial charge is 0.271 e. The zero-order chi connectivity index (χ0) is 17.2. The van der Waals surface area contributed by atoms with E-state index in [4.69, 9.17) is 11.6 Å². The van der Waals surface area contributed by atoms with Crippen LogP contribution in [0.1, 0.15) is 10.4 Å². The van der Waals surface area contributed by atoms with Crippen LogP contribution in [-0.4, -0.2) is 25.6 Å². The molecule has 0 atom stereocenters. The third-order valence-corrected chi connectivity index (χ3v) is 4.02. The van der Waals surface area contributed by atoms with Gasteiger partial charge in [-0.1, -0.05) is 11.6 Å². The Morgan fingerprint density at radius 2 is 1.96 bits per heavy atom. The van der Waals surface area contributed by atoms with Crippen molar-refractivity contribution in [3.8, 4) is 0 Å². The molecule has 1 heterocycles. The van der Waals surface area contributed by atoms with Crippen LogP contribution in [0.2, 0.25) is 5.02 Å². The van der Waals surface area contributed by atoms with E-state index in [1.165, 1.54) is 30.5 Å². The average molecular weight is 421 g/mol. The summed E-state index contributed by atoms with van der Waals surface area (Å²) in [7, 11) is -3.54. The topological polar surface area (TPSA) is 108 Å². The minimum atomic E-state index is -3.54. The molecular weight excluding hydrogens is 410 g/mol. The minimum Gasteiger partial charge on any atom is -0.326 e. The standard InChI is InChI=1S/C13H11BrClN3O4S/c1-23(21,22)18-10-4-7(2-3-9(10)15)12(19)17-11-5-8(14)6-16-13(11)20/h2-6,18H,1H3,(H,16,20)(H,17,19). The molecule has 3 N–H and O–H groups in total. The van der Waals surface area contributed by atoms with E-state index in [0.29, 0.717) is 4.47 Å². The average Bonchev–Trinajstić information content (AvgIpc) is 2.43. The van der Waals surface area contributed by atoms with Gasteiger partial charge in [-0.25, -0.2) is 8.42 Å². The number of aromatic nitrogens is 1. The monoisotopic (exact) mass is 419 g/mol. The molecule has 0 radical (unpaired) electrons. The first-order valence-electron chi connectivity index (χ1n) is 6.12. The summed E-state index contributed by atoms with van der Waals surface area (Å²) in [6.07, 6.45) is 2.41. The summed E-state index contributed by atoms with van der Waals surface area (Å²) in [4.78, 5) is 26.3. The number of amides is 1. The predicted octanol–water partition coefficient (Wildman–Crippen LogP) is 2.41. The molecule has 122 valence electrons. The maximum atomic E-state index is 12.2. The van der Waals surface area contributed by atoms with Crippen LogP contribution in [0.25, 0.3) is 0 Å². The molecule has 0 saturated heterocycles. The highest BCUT2D eigenvalue weighted by Crippen LogP contribution is 2.24. The summed E-state index contributed by atoms with van der Waals surface area (Å²) in [5.41, 5.74) is -0.202. The Morgan fingerprint density at radius 1 is 1.26 bits per heavy atom. The van der Waals surface area contributed by atoms with E-state index >= 15 is 0 Å². The summed E-state index contributed by atoms with van der Waals surface area (Å²) in [6, 6.07) is 5.53. The predicted molar refractivity (Wildman–Crippen MR) is 92.6 cm³/mol. The number of benzene rings is 1. The largest absolute Gasteiger partial charge is 0.326 e. The minimum absolute atomic E-state index is 0.0527. The molecule has 7 nitrogen and oxygen atoms in total. The second-order valence-corrected chi connectivity index (χ2v) is 7.66. The first-order chi connectivity index (χ1) is 10.7. The van der Waals surface area contributed by atoms with Gasteiger partial charge in [0.25, 0.3) is 11.5 Å². The molecule has 0 aliphatic rings. The van der Waals surface area contributed by atoms with Gasteiger partial charge in [-0.05, 0) is 40.2 Å². The first kappa shape index (κ1) is 17.5. The Labute approximate surface area is 145 Å². The molecule has 0 unspecified atom stereocenters. The molecular formula is C13H11BrClN3O4S. The Balaban J connectivity index is 2.31. The van der Waals surface area contributed by atoms with Crippen molar-refractivity contribution in [2.24, 2.45) is 0 Å². The lowest BCUT2D eigenvalue weighted by atomic mass is 10.2.